The Labute approximate surface area is 170 Å². The molecule has 138 valence electrons. The van der Waals surface area contributed by atoms with E-state index in [0.29, 0.717) is 33.9 Å². The predicted octanol–water partition coefficient (Wildman–Crippen LogP) is 5.67. The fourth-order valence-electron chi connectivity index (χ4n) is 3.17. The molecule has 8 heteroatoms. The number of nitrogens with zero attached hydrogens (tertiary/aromatic N) is 3. The van der Waals surface area contributed by atoms with Crippen LogP contribution in [0.15, 0.2) is 46.9 Å². The van der Waals surface area contributed by atoms with Gasteiger partial charge >= 0.3 is 0 Å². The van der Waals surface area contributed by atoms with Crippen LogP contribution in [0, 0.1) is 0 Å². The van der Waals surface area contributed by atoms with Crippen molar-refractivity contribution in [3.63, 3.8) is 0 Å². The summed E-state index contributed by atoms with van der Waals surface area (Å²) in [6, 6.07) is 11.9. The third kappa shape index (κ3) is 3.55. The lowest BCUT2D eigenvalue weighted by molar-refractivity contribution is 0.0716. The zero-order chi connectivity index (χ0) is 19.0. The fourth-order valence-corrected chi connectivity index (χ4v) is 3.68. The molecule has 1 saturated heterocycles. The van der Waals surface area contributed by atoms with Crippen molar-refractivity contribution in [1.82, 2.24) is 15.1 Å². The molecule has 4 rings (SSSR count). The van der Waals surface area contributed by atoms with Crippen LogP contribution < -0.4 is 0 Å². The Bertz CT molecular complexity index is 988. The monoisotopic (exact) mass is 421 g/mol. The molecule has 1 atom stereocenters. The summed E-state index contributed by atoms with van der Waals surface area (Å²) >= 11 is 18.2. The number of rotatable bonds is 3. The lowest BCUT2D eigenvalue weighted by Gasteiger charge is -2.22. The molecule has 1 aliphatic rings. The van der Waals surface area contributed by atoms with Gasteiger partial charge in [0, 0.05) is 17.1 Å². The van der Waals surface area contributed by atoms with Crippen molar-refractivity contribution < 1.29 is 9.21 Å². The number of carbonyl (C=O) groups excluding carboxylic acids is 1. The highest BCUT2D eigenvalue weighted by Gasteiger charge is 2.35. The van der Waals surface area contributed by atoms with E-state index >= 15 is 0 Å². The molecule has 27 heavy (non-hydrogen) atoms. The normalized spacial score (nSPS) is 16.7. The predicted molar refractivity (Wildman–Crippen MR) is 104 cm³/mol. The number of amides is 1. The molecule has 5 nitrogen and oxygen atoms in total. The van der Waals surface area contributed by atoms with E-state index in [1.165, 1.54) is 0 Å². The number of halogens is 3. The summed E-state index contributed by atoms with van der Waals surface area (Å²) in [4.78, 5) is 14.7. The summed E-state index contributed by atoms with van der Waals surface area (Å²) in [5.41, 5.74) is 1.14. The summed E-state index contributed by atoms with van der Waals surface area (Å²) in [5.74, 6) is 0.599. The van der Waals surface area contributed by atoms with Crippen LogP contribution >= 0.6 is 34.8 Å². The largest absolute Gasteiger partial charge is 0.418 e. The maximum atomic E-state index is 13.0. The number of hydrogen-bond acceptors (Lipinski definition) is 4. The molecular formula is C19H14Cl3N3O2. The van der Waals surface area contributed by atoms with Gasteiger partial charge in [0.25, 0.3) is 5.91 Å². The van der Waals surface area contributed by atoms with Gasteiger partial charge in [-0.05, 0) is 49.2 Å². The van der Waals surface area contributed by atoms with Gasteiger partial charge in [-0.1, -0.05) is 40.9 Å². The molecule has 2 aromatic carbocycles. The van der Waals surface area contributed by atoms with Gasteiger partial charge in [0.15, 0.2) is 0 Å². The summed E-state index contributed by atoms with van der Waals surface area (Å²) in [6.07, 6.45) is 1.58. The molecular weight excluding hydrogens is 409 g/mol. The van der Waals surface area contributed by atoms with Gasteiger partial charge < -0.3 is 9.32 Å². The zero-order valence-corrected chi connectivity index (χ0v) is 16.3. The molecule has 1 aromatic heterocycles. The Hall–Kier alpha value is -2.08. The molecule has 0 N–H and O–H groups in total. The average molecular weight is 423 g/mol. The second-order valence-electron chi connectivity index (χ2n) is 6.21. The number of likely N-dealkylation sites (tertiary alicyclic amines) is 1. The Kier molecular flexibility index (Phi) is 5.08. The van der Waals surface area contributed by atoms with E-state index in [0.717, 1.165) is 18.4 Å². The molecule has 0 saturated carbocycles. The van der Waals surface area contributed by atoms with Gasteiger partial charge in [0.2, 0.25) is 11.8 Å². The molecule has 1 fully saturated rings. The van der Waals surface area contributed by atoms with Gasteiger partial charge in [-0.25, -0.2) is 0 Å². The van der Waals surface area contributed by atoms with Crippen LogP contribution in [-0.2, 0) is 0 Å². The Morgan fingerprint density at radius 2 is 1.85 bits per heavy atom. The smallest absolute Gasteiger partial charge is 0.256 e. The zero-order valence-electron chi connectivity index (χ0n) is 14.0. The minimum Gasteiger partial charge on any atom is -0.418 e. The fraction of sp³-hybridized carbons (Fsp3) is 0.211. The minimum atomic E-state index is -0.291. The van der Waals surface area contributed by atoms with E-state index in [9.17, 15) is 4.79 Å². The van der Waals surface area contributed by atoms with E-state index in [2.05, 4.69) is 10.2 Å². The van der Waals surface area contributed by atoms with Crippen LogP contribution in [0.4, 0.5) is 0 Å². The Morgan fingerprint density at radius 1 is 1.07 bits per heavy atom. The summed E-state index contributed by atoms with van der Waals surface area (Å²) < 4.78 is 5.85. The van der Waals surface area contributed by atoms with Crippen molar-refractivity contribution in [1.29, 1.82) is 0 Å². The van der Waals surface area contributed by atoms with Crippen LogP contribution in [0.2, 0.25) is 15.1 Å². The van der Waals surface area contributed by atoms with Gasteiger partial charge in [-0.2, -0.15) is 0 Å². The van der Waals surface area contributed by atoms with Crippen molar-refractivity contribution in [2.75, 3.05) is 6.54 Å². The summed E-state index contributed by atoms with van der Waals surface area (Å²) in [5, 5.41) is 9.50. The molecule has 0 radical (unpaired) electrons. The molecule has 3 aromatic rings. The molecule has 1 aliphatic heterocycles. The maximum Gasteiger partial charge on any atom is 0.256 e. The second kappa shape index (κ2) is 7.50. The highest BCUT2D eigenvalue weighted by molar-refractivity contribution is 6.43. The molecule has 1 amide bonds. The van der Waals surface area contributed by atoms with Crippen molar-refractivity contribution in [3.05, 3.63) is 69.0 Å². The topological polar surface area (TPSA) is 59.2 Å². The first-order chi connectivity index (χ1) is 13.0. The third-order valence-corrected chi connectivity index (χ3v) is 5.58. The molecule has 0 aliphatic carbocycles. The molecule has 0 bridgehead atoms. The Morgan fingerprint density at radius 3 is 2.63 bits per heavy atom. The standard InChI is InChI=1S/C19H14Cl3N3O2/c20-12-8-6-11(7-9-12)17-23-24-18(27-17)15-5-2-10-25(15)19(26)13-3-1-4-14(21)16(13)22/h1,3-4,6-9,15H,2,5,10H2. The third-order valence-electron chi connectivity index (χ3n) is 4.51. The van der Waals surface area contributed by atoms with Crippen molar-refractivity contribution >= 4 is 40.7 Å². The highest BCUT2D eigenvalue weighted by Crippen LogP contribution is 2.35. The molecule has 0 spiro atoms. The van der Waals surface area contributed by atoms with E-state index < -0.39 is 0 Å². The van der Waals surface area contributed by atoms with Crippen LogP contribution in [0.5, 0.6) is 0 Å². The van der Waals surface area contributed by atoms with Gasteiger partial charge in [0.1, 0.15) is 6.04 Å². The molecule has 1 unspecified atom stereocenters. The number of hydrogen-bond donors (Lipinski definition) is 0. The number of carbonyl (C=O) groups is 1. The van der Waals surface area contributed by atoms with Crippen molar-refractivity contribution in [3.8, 4) is 11.5 Å². The summed E-state index contributed by atoms with van der Waals surface area (Å²) in [6.45, 7) is 0.588. The first-order valence-corrected chi connectivity index (χ1v) is 9.52. The average Bonchev–Trinajstić information content (AvgIpc) is 3.33. The molecule has 2 heterocycles. The number of benzene rings is 2. The van der Waals surface area contributed by atoms with E-state index in [1.54, 1.807) is 35.2 Å². The van der Waals surface area contributed by atoms with Crippen LogP contribution in [0.3, 0.4) is 0 Å². The van der Waals surface area contributed by atoms with Crippen LogP contribution in [0.1, 0.15) is 35.1 Å². The van der Waals surface area contributed by atoms with Gasteiger partial charge in [-0.15, -0.1) is 10.2 Å². The SMILES string of the molecule is O=C(c1cccc(Cl)c1Cl)N1CCCC1c1nnc(-c2ccc(Cl)cc2)o1. The van der Waals surface area contributed by atoms with E-state index in [4.69, 9.17) is 39.2 Å². The van der Waals surface area contributed by atoms with E-state index in [1.807, 2.05) is 12.1 Å². The lowest BCUT2D eigenvalue weighted by atomic mass is 10.1. The van der Waals surface area contributed by atoms with Crippen molar-refractivity contribution in [2.24, 2.45) is 0 Å². The van der Waals surface area contributed by atoms with Crippen LogP contribution in [-0.4, -0.2) is 27.5 Å². The number of aromatic nitrogens is 2. The quantitative estimate of drug-likeness (QED) is 0.545. The van der Waals surface area contributed by atoms with E-state index in [-0.39, 0.29) is 17.0 Å². The van der Waals surface area contributed by atoms with Crippen LogP contribution in [0.25, 0.3) is 11.5 Å². The van der Waals surface area contributed by atoms with Gasteiger partial charge in [-0.3, -0.25) is 4.79 Å². The second-order valence-corrected chi connectivity index (χ2v) is 7.43. The first-order valence-electron chi connectivity index (χ1n) is 8.39. The van der Waals surface area contributed by atoms with Gasteiger partial charge in [0.05, 0.1) is 15.6 Å². The Balaban J connectivity index is 1.61. The highest BCUT2D eigenvalue weighted by atomic mass is 35.5. The summed E-state index contributed by atoms with van der Waals surface area (Å²) in [7, 11) is 0. The minimum absolute atomic E-state index is 0.198. The van der Waals surface area contributed by atoms with Crippen molar-refractivity contribution in [2.45, 2.75) is 18.9 Å². The lowest BCUT2D eigenvalue weighted by Crippen LogP contribution is -2.31. The first kappa shape index (κ1) is 18.3. The maximum absolute atomic E-state index is 13.0.